The molecular weight excluding hydrogens is 623 g/mol. The van der Waals surface area contributed by atoms with Gasteiger partial charge in [0, 0.05) is 58.7 Å². The van der Waals surface area contributed by atoms with Crippen LogP contribution in [-0.4, -0.2) is 73.2 Å². The lowest BCUT2D eigenvalue weighted by molar-refractivity contribution is -0.160. The summed E-state index contributed by atoms with van der Waals surface area (Å²) in [5.41, 5.74) is -1.40. The Morgan fingerprint density at radius 2 is 1.72 bits per heavy atom. The molecule has 0 radical (unpaired) electrons. The zero-order chi connectivity index (χ0) is 28.6. The summed E-state index contributed by atoms with van der Waals surface area (Å²) in [4.78, 5) is 25.6. The molecule has 2 aromatic carbocycles. The largest absolute Gasteiger partial charge is 0.347 e. The number of piperidine rings is 1. The third-order valence-electron chi connectivity index (χ3n) is 6.69. The highest BCUT2D eigenvalue weighted by Crippen LogP contribution is 2.38. The van der Waals surface area contributed by atoms with Crippen molar-refractivity contribution in [3.8, 4) is 11.1 Å². The number of sulfonamides is 1. The number of benzene rings is 2. The van der Waals surface area contributed by atoms with E-state index in [-0.39, 0.29) is 30.8 Å². The molecule has 2 heterocycles. The van der Waals surface area contributed by atoms with Crippen LogP contribution in [0.15, 0.2) is 64.0 Å². The zero-order valence-electron chi connectivity index (χ0n) is 20.8. The Morgan fingerprint density at radius 3 is 2.33 bits per heavy atom. The molecule has 0 bridgehead atoms. The molecule has 2 amide bonds. The highest BCUT2D eigenvalue weighted by molar-refractivity contribution is 9.10. The standard InChI is InChI=1S/C26H26BrClF3N3O4S/c1-17(6-9-23(35)33-15-26(30,31)16-33)32-24(36)25(29)10-12-34(13-11-25)39(37,38)22-8-7-18(27)14-20(22)19-4-2-3-5-21(19)28/h2-9,14,17H,10-13,15-16H2,1H3,(H,32,36)/b9-6-/t17-/m0/s1. The lowest BCUT2D eigenvalue weighted by Crippen LogP contribution is -2.58. The van der Waals surface area contributed by atoms with E-state index in [4.69, 9.17) is 11.6 Å². The number of hydrogen-bond acceptors (Lipinski definition) is 4. The van der Waals surface area contributed by atoms with Gasteiger partial charge in [-0.05, 0) is 31.2 Å². The van der Waals surface area contributed by atoms with E-state index < -0.39 is 52.6 Å². The molecule has 1 atom stereocenters. The van der Waals surface area contributed by atoms with Gasteiger partial charge in [0.25, 0.3) is 11.8 Å². The Kier molecular flexibility index (Phi) is 8.51. The molecule has 4 rings (SSSR count). The smallest absolute Gasteiger partial charge is 0.282 e. The van der Waals surface area contributed by atoms with Crippen molar-refractivity contribution in [1.82, 2.24) is 14.5 Å². The van der Waals surface area contributed by atoms with Crippen LogP contribution >= 0.6 is 27.5 Å². The molecule has 13 heteroatoms. The Labute approximate surface area is 238 Å². The van der Waals surface area contributed by atoms with Gasteiger partial charge < -0.3 is 10.2 Å². The molecular formula is C26H26BrClF3N3O4S. The minimum absolute atomic E-state index is 0.0120. The number of carbonyl (C=O) groups is 2. The molecule has 7 nitrogen and oxygen atoms in total. The number of carbonyl (C=O) groups excluding carboxylic acids is 2. The minimum Gasteiger partial charge on any atom is -0.347 e. The summed E-state index contributed by atoms with van der Waals surface area (Å²) in [7, 11) is -4.06. The fourth-order valence-electron chi connectivity index (χ4n) is 4.45. The molecule has 2 saturated heterocycles. The van der Waals surface area contributed by atoms with Gasteiger partial charge in [-0.1, -0.05) is 51.8 Å². The van der Waals surface area contributed by atoms with Crippen LogP contribution in [0.2, 0.25) is 5.02 Å². The van der Waals surface area contributed by atoms with E-state index in [1.165, 1.54) is 19.1 Å². The molecule has 210 valence electrons. The first-order valence-corrected chi connectivity index (χ1v) is 14.7. The van der Waals surface area contributed by atoms with Gasteiger partial charge in [0.1, 0.15) is 0 Å². The van der Waals surface area contributed by atoms with Crippen molar-refractivity contribution in [3.63, 3.8) is 0 Å². The molecule has 2 aliphatic rings. The number of nitrogens with zero attached hydrogens (tertiary/aromatic N) is 2. The summed E-state index contributed by atoms with van der Waals surface area (Å²) < 4.78 is 70.4. The van der Waals surface area contributed by atoms with Crippen LogP contribution in [0.1, 0.15) is 19.8 Å². The van der Waals surface area contributed by atoms with E-state index in [0.29, 0.717) is 20.6 Å². The lowest BCUT2D eigenvalue weighted by atomic mass is 9.93. The van der Waals surface area contributed by atoms with Crippen LogP contribution in [0.4, 0.5) is 13.2 Å². The molecule has 0 saturated carbocycles. The van der Waals surface area contributed by atoms with Gasteiger partial charge in [-0.15, -0.1) is 0 Å². The third-order valence-corrected chi connectivity index (χ3v) is 9.47. The van der Waals surface area contributed by atoms with Gasteiger partial charge in [-0.3, -0.25) is 9.59 Å². The molecule has 2 aromatic rings. The number of alkyl halides is 3. The van der Waals surface area contributed by atoms with Gasteiger partial charge in [-0.25, -0.2) is 21.6 Å². The average Bonchev–Trinajstić information content (AvgIpc) is 2.86. The second kappa shape index (κ2) is 11.2. The maximum Gasteiger partial charge on any atom is 0.282 e. The Hall–Kier alpha value is -2.41. The van der Waals surface area contributed by atoms with Crippen LogP contribution in [-0.2, 0) is 19.6 Å². The molecule has 0 aromatic heterocycles. The van der Waals surface area contributed by atoms with Gasteiger partial charge in [-0.2, -0.15) is 4.31 Å². The quantitative estimate of drug-likeness (QED) is 0.437. The Balaban J connectivity index is 1.41. The van der Waals surface area contributed by atoms with Crippen LogP contribution in [0, 0.1) is 0 Å². The van der Waals surface area contributed by atoms with Crippen molar-refractivity contribution in [2.45, 2.75) is 42.3 Å². The molecule has 39 heavy (non-hydrogen) atoms. The van der Waals surface area contributed by atoms with E-state index in [9.17, 15) is 26.8 Å². The van der Waals surface area contributed by atoms with Crippen molar-refractivity contribution in [1.29, 1.82) is 0 Å². The number of halogens is 5. The van der Waals surface area contributed by atoms with Gasteiger partial charge in [0.15, 0.2) is 5.67 Å². The summed E-state index contributed by atoms with van der Waals surface area (Å²) in [5.74, 6) is -4.44. The number of rotatable bonds is 7. The topological polar surface area (TPSA) is 86.8 Å². The number of likely N-dealkylation sites (tertiary alicyclic amines) is 1. The molecule has 0 unspecified atom stereocenters. The van der Waals surface area contributed by atoms with Crippen molar-refractivity contribution in [2.75, 3.05) is 26.2 Å². The molecule has 2 aliphatic heterocycles. The van der Waals surface area contributed by atoms with Crippen LogP contribution < -0.4 is 5.32 Å². The Bertz CT molecular complexity index is 1410. The first-order chi connectivity index (χ1) is 18.2. The number of amides is 2. The van der Waals surface area contributed by atoms with Crippen molar-refractivity contribution >= 4 is 49.4 Å². The maximum atomic E-state index is 15.6. The molecule has 0 aliphatic carbocycles. The summed E-state index contributed by atoms with van der Waals surface area (Å²) in [6.45, 7) is -0.264. The highest BCUT2D eigenvalue weighted by Gasteiger charge is 2.46. The minimum atomic E-state index is -4.06. The van der Waals surface area contributed by atoms with E-state index in [0.717, 1.165) is 15.3 Å². The van der Waals surface area contributed by atoms with E-state index >= 15 is 4.39 Å². The fraction of sp³-hybridized carbons (Fsp3) is 0.385. The first-order valence-electron chi connectivity index (χ1n) is 12.1. The predicted molar refractivity (Wildman–Crippen MR) is 145 cm³/mol. The second-order valence-corrected chi connectivity index (χ2v) is 12.9. The maximum absolute atomic E-state index is 15.6. The summed E-state index contributed by atoms with van der Waals surface area (Å²) in [6.07, 6.45) is 1.63. The second-order valence-electron chi connectivity index (χ2n) is 9.66. The van der Waals surface area contributed by atoms with Crippen molar-refractivity contribution in [2.24, 2.45) is 0 Å². The number of nitrogens with one attached hydrogen (secondary N) is 1. The van der Waals surface area contributed by atoms with Gasteiger partial charge in [0.05, 0.1) is 18.0 Å². The first kappa shape index (κ1) is 29.6. The summed E-state index contributed by atoms with van der Waals surface area (Å²) >= 11 is 9.70. The summed E-state index contributed by atoms with van der Waals surface area (Å²) in [5, 5.41) is 2.83. The number of hydrogen-bond donors (Lipinski definition) is 1. The van der Waals surface area contributed by atoms with Crippen molar-refractivity contribution < 1.29 is 31.2 Å². The molecule has 1 N–H and O–H groups in total. The predicted octanol–water partition coefficient (Wildman–Crippen LogP) is 4.80. The van der Waals surface area contributed by atoms with Gasteiger partial charge in [0.2, 0.25) is 15.9 Å². The molecule has 2 fully saturated rings. The average molecular weight is 649 g/mol. The summed E-state index contributed by atoms with van der Waals surface area (Å²) in [6, 6.07) is 10.8. The lowest BCUT2D eigenvalue weighted by Gasteiger charge is -2.38. The monoisotopic (exact) mass is 647 g/mol. The van der Waals surface area contributed by atoms with E-state index in [2.05, 4.69) is 21.2 Å². The van der Waals surface area contributed by atoms with Gasteiger partial charge >= 0.3 is 0 Å². The Morgan fingerprint density at radius 1 is 1.08 bits per heavy atom. The van der Waals surface area contributed by atoms with E-state index in [1.54, 1.807) is 36.4 Å². The normalized spacial score (nSPS) is 19.9. The van der Waals surface area contributed by atoms with Crippen LogP contribution in [0.3, 0.4) is 0 Å². The zero-order valence-corrected chi connectivity index (χ0v) is 24.0. The van der Waals surface area contributed by atoms with E-state index in [1.807, 2.05) is 0 Å². The van der Waals surface area contributed by atoms with Crippen molar-refractivity contribution in [3.05, 3.63) is 64.1 Å². The van der Waals surface area contributed by atoms with Crippen LogP contribution in [0.25, 0.3) is 11.1 Å². The third kappa shape index (κ3) is 6.50. The molecule has 0 spiro atoms. The van der Waals surface area contributed by atoms with Crippen LogP contribution in [0.5, 0.6) is 0 Å². The highest BCUT2D eigenvalue weighted by atomic mass is 79.9. The SMILES string of the molecule is C[C@@H](/C=C\C(=O)N1CC(F)(F)C1)NC(=O)C1(F)CCN(S(=O)(=O)c2ccc(Br)cc2-c2ccccc2Cl)CC1. The fourth-order valence-corrected chi connectivity index (χ4v) is 6.68.